The molecule has 1 saturated heterocycles. The van der Waals surface area contributed by atoms with Gasteiger partial charge in [0.2, 0.25) is 0 Å². The summed E-state index contributed by atoms with van der Waals surface area (Å²) in [5.74, 6) is 0.253. The third-order valence-electron chi connectivity index (χ3n) is 4.15. The van der Waals surface area contributed by atoms with Crippen molar-refractivity contribution in [2.24, 2.45) is 5.92 Å². The number of carbonyl (C=O) groups excluding carboxylic acids is 2. The summed E-state index contributed by atoms with van der Waals surface area (Å²) >= 11 is 0. The number of carbonyl (C=O) groups is 2. The molecule has 150 valence electrons. The predicted molar refractivity (Wildman–Crippen MR) is 105 cm³/mol. The zero-order valence-electron chi connectivity index (χ0n) is 16.4. The quantitative estimate of drug-likeness (QED) is 0.500. The van der Waals surface area contributed by atoms with Crippen molar-refractivity contribution in [2.75, 3.05) is 26.3 Å². The molecule has 0 aromatic heterocycles. The van der Waals surface area contributed by atoms with E-state index in [9.17, 15) is 14.9 Å². The summed E-state index contributed by atoms with van der Waals surface area (Å²) in [5, 5.41) is 14.7. The van der Waals surface area contributed by atoms with Gasteiger partial charge in [0.1, 0.15) is 17.4 Å². The van der Waals surface area contributed by atoms with Gasteiger partial charge in [0, 0.05) is 19.7 Å². The van der Waals surface area contributed by atoms with Crippen molar-refractivity contribution < 1.29 is 19.1 Å². The van der Waals surface area contributed by atoms with Crippen LogP contribution in [0.15, 0.2) is 29.8 Å². The molecule has 1 aromatic carbocycles. The van der Waals surface area contributed by atoms with Crippen molar-refractivity contribution in [1.29, 1.82) is 5.26 Å². The number of nitriles is 1. The third kappa shape index (κ3) is 7.41. The van der Waals surface area contributed by atoms with Crippen molar-refractivity contribution in [3.05, 3.63) is 35.4 Å². The maximum absolute atomic E-state index is 12.0. The molecule has 1 aliphatic heterocycles. The monoisotopic (exact) mass is 385 g/mol. The molecule has 0 saturated carbocycles. The molecule has 2 rings (SSSR count). The molecule has 0 bridgehead atoms. The zero-order chi connectivity index (χ0) is 20.4. The summed E-state index contributed by atoms with van der Waals surface area (Å²) in [5.41, 5.74) is 0.745. The first-order valence-corrected chi connectivity index (χ1v) is 9.49. The first-order valence-electron chi connectivity index (χ1n) is 9.49. The first-order chi connectivity index (χ1) is 13.5. The van der Waals surface area contributed by atoms with Gasteiger partial charge in [0.05, 0.1) is 6.10 Å². The highest BCUT2D eigenvalue weighted by Gasteiger charge is 2.16. The van der Waals surface area contributed by atoms with E-state index >= 15 is 0 Å². The lowest BCUT2D eigenvalue weighted by molar-refractivity contribution is -0.123. The lowest BCUT2D eigenvalue weighted by Crippen LogP contribution is -2.35. The van der Waals surface area contributed by atoms with Crippen LogP contribution in [-0.4, -0.2) is 44.2 Å². The molecule has 1 aromatic rings. The van der Waals surface area contributed by atoms with Gasteiger partial charge in [-0.25, -0.2) is 0 Å². The van der Waals surface area contributed by atoms with Crippen LogP contribution < -0.4 is 15.4 Å². The van der Waals surface area contributed by atoms with Gasteiger partial charge in [-0.05, 0) is 42.5 Å². The topological polar surface area (TPSA) is 100 Å². The standard InChI is InChI=1S/C21H27N3O4/c1-15(2)12-24-21(26)17(11-22)10-16-5-7-18(8-6-16)28-14-20(25)23-13-19-4-3-9-27-19/h5-8,10,15,19H,3-4,9,12-14H2,1-2H3,(H,23,25)(H,24,26)/b17-10+/t19-/m1/s1. The minimum atomic E-state index is -0.389. The molecular weight excluding hydrogens is 358 g/mol. The van der Waals surface area contributed by atoms with E-state index in [1.807, 2.05) is 19.9 Å². The number of nitrogens with zero attached hydrogens (tertiary/aromatic N) is 1. The van der Waals surface area contributed by atoms with E-state index in [0.717, 1.165) is 19.4 Å². The second-order valence-electron chi connectivity index (χ2n) is 7.07. The summed E-state index contributed by atoms with van der Waals surface area (Å²) in [6.45, 7) is 5.66. The summed E-state index contributed by atoms with van der Waals surface area (Å²) in [7, 11) is 0. The zero-order valence-corrected chi connectivity index (χ0v) is 16.4. The van der Waals surface area contributed by atoms with Gasteiger partial charge in [-0.3, -0.25) is 9.59 Å². The molecule has 2 N–H and O–H groups in total. The molecule has 0 spiro atoms. The van der Waals surface area contributed by atoms with Gasteiger partial charge in [-0.2, -0.15) is 5.26 Å². The Hall–Kier alpha value is -2.85. The number of amides is 2. The van der Waals surface area contributed by atoms with E-state index in [0.29, 0.717) is 30.3 Å². The fraction of sp³-hybridized carbons (Fsp3) is 0.476. The van der Waals surface area contributed by atoms with E-state index in [1.165, 1.54) is 6.08 Å². The van der Waals surface area contributed by atoms with E-state index in [2.05, 4.69) is 10.6 Å². The van der Waals surface area contributed by atoms with Gasteiger partial charge < -0.3 is 20.1 Å². The second kappa shape index (κ2) is 11.1. The van der Waals surface area contributed by atoms with Gasteiger partial charge in [0.15, 0.2) is 6.61 Å². The van der Waals surface area contributed by atoms with Crippen molar-refractivity contribution in [3.8, 4) is 11.8 Å². The van der Waals surface area contributed by atoms with Crippen LogP contribution in [0.2, 0.25) is 0 Å². The van der Waals surface area contributed by atoms with E-state index in [-0.39, 0.29) is 30.1 Å². The molecule has 1 heterocycles. The Bertz CT molecular complexity index is 729. The fourth-order valence-electron chi connectivity index (χ4n) is 2.60. The molecule has 1 aliphatic rings. The molecular formula is C21H27N3O4. The number of nitrogens with one attached hydrogen (secondary N) is 2. The van der Waals surface area contributed by atoms with Gasteiger partial charge >= 0.3 is 0 Å². The maximum atomic E-state index is 12.0. The molecule has 28 heavy (non-hydrogen) atoms. The molecule has 0 unspecified atom stereocenters. The van der Waals surface area contributed by atoms with Gasteiger partial charge in [0.25, 0.3) is 11.8 Å². The highest BCUT2D eigenvalue weighted by Crippen LogP contribution is 2.15. The van der Waals surface area contributed by atoms with E-state index in [4.69, 9.17) is 9.47 Å². The Morgan fingerprint density at radius 1 is 1.32 bits per heavy atom. The Morgan fingerprint density at radius 3 is 2.68 bits per heavy atom. The average molecular weight is 385 g/mol. The van der Waals surface area contributed by atoms with Crippen LogP contribution in [0.25, 0.3) is 6.08 Å². The number of rotatable bonds is 9. The molecule has 7 nitrogen and oxygen atoms in total. The van der Waals surface area contributed by atoms with Crippen LogP contribution in [0.1, 0.15) is 32.3 Å². The molecule has 1 fully saturated rings. The maximum Gasteiger partial charge on any atom is 0.261 e. The summed E-state index contributed by atoms with van der Waals surface area (Å²) in [4.78, 5) is 23.8. The van der Waals surface area contributed by atoms with Gasteiger partial charge in [-0.15, -0.1) is 0 Å². The van der Waals surface area contributed by atoms with Crippen molar-refractivity contribution in [1.82, 2.24) is 10.6 Å². The highest BCUT2D eigenvalue weighted by atomic mass is 16.5. The number of hydrogen-bond donors (Lipinski definition) is 2. The van der Waals surface area contributed by atoms with Crippen LogP contribution in [-0.2, 0) is 14.3 Å². The van der Waals surface area contributed by atoms with Crippen LogP contribution in [0, 0.1) is 17.2 Å². The molecule has 0 aliphatic carbocycles. The van der Waals surface area contributed by atoms with Crippen molar-refractivity contribution >= 4 is 17.9 Å². The Morgan fingerprint density at radius 2 is 2.07 bits per heavy atom. The predicted octanol–water partition coefficient (Wildman–Crippen LogP) is 2.04. The summed E-state index contributed by atoms with van der Waals surface area (Å²) in [6.07, 6.45) is 3.62. The van der Waals surface area contributed by atoms with E-state index < -0.39 is 0 Å². The Labute approximate surface area is 165 Å². The van der Waals surface area contributed by atoms with Crippen molar-refractivity contribution in [2.45, 2.75) is 32.8 Å². The average Bonchev–Trinajstić information content (AvgIpc) is 3.21. The molecule has 1 atom stereocenters. The van der Waals surface area contributed by atoms with Crippen LogP contribution in [0.4, 0.5) is 0 Å². The minimum absolute atomic E-state index is 0.0443. The lowest BCUT2D eigenvalue weighted by Gasteiger charge is -2.11. The number of hydrogen-bond acceptors (Lipinski definition) is 5. The van der Waals surface area contributed by atoms with Crippen molar-refractivity contribution in [3.63, 3.8) is 0 Å². The smallest absolute Gasteiger partial charge is 0.261 e. The van der Waals surface area contributed by atoms with E-state index in [1.54, 1.807) is 24.3 Å². The first kappa shape index (κ1) is 21.5. The summed E-state index contributed by atoms with van der Waals surface area (Å²) in [6, 6.07) is 8.77. The Balaban J connectivity index is 1.82. The lowest BCUT2D eigenvalue weighted by atomic mass is 10.1. The molecule has 0 radical (unpaired) electrons. The van der Waals surface area contributed by atoms with Gasteiger partial charge in [-0.1, -0.05) is 26.0 Å². The number of benzene rings is 1. The Kier molecular flexibility index (Phi) is 8.50. The SMILES string of the molecule is CC(C)CNC(=O)/C(C#N)=C/c1ccc(OCC(=O)NC[C@H]2CCCO2)cc1. The minimum Gasteiger partial charge on any atom is -0.484 e. The second-order valence-corrected chi connectivity index (χ2v) is 7.07. The fourth-order valence-corrected chi connectivity index (χ4v) is 2.60. The summed E-state index contributed by atoms with van der Waals surface area (Å²) < 4.78 is 10.9. The van der Waals surface area contributed by atoms with Crippen LogP contribution >= 0.6 is 0 Å². The highest BCUT2D eigenvalue weighted by molar-refractivity contribution is 6.01. The molecule has 7 heteroatoms. The normalized spacial score (nSPS) is 16.5. The third-order valence-corrected chi connectivity index (χ3v) is 4.15. The van der Waals surface area contributed by atoms with Crippen LogP contribution in [0.5, 0.6) is 5.75 Å². The largest absolute Gasteiger partial charge is 0.484 e. The molecule has 2 amide bonds. The number of ether oxygens (including phenoxy) is 2. The van der Waals surface area contributed by atoms with Crippen LogP contribution in [0.3, 0.4) is 0 Å².